The zero-order chi connectivity index (χ0) is 21.1. The minimum Gasteiger partial charge on any atom is -0.460 e. The molecule has 4 heterocycles. The highest BCUT2D eigenvalue weighted by atomic mass is 127. The number of ether oxygens (including phenoxy) is 5. The summed E-state index contributed by atoms with van der Waals surface area (Å²) in [6.45, 7) is 3.77. The molecule has 2 N–H and O–H groups in total. The van der Waals surface area contributed by atoms with Gasteiger partial charge in [0.2, 0.25) is 5.79 Å². The first-order valence-electron chi connectivity index (χ1n) is 10.2. The number of nitrogens with two attached hydrogens (primary N) is 1. The summed E-state index contributed by atoms with van der Waals surface area (Å²) in [5.74, 6) is -1.42. The van der Waals surface area contributed by atoms with Crippen molar-refractivity contribution in [2.24, 2.45) is 0 Å². The largest absolute Gasteiger partial charge is 0.460 e. The van der Waals surface area contributed by atoms with E-state index in [1.807, 2.05) is 18.4 Å². The number of halogens is 1. The van der Waals surface area contributed by atoms with E-state index in [4.69, 9.17) is 29.4 Å². The molecule has 0 bridgehead atoms. The second kappa shape index (κ2) is 7.40. The number of aromatic nitrogens is 4. The van der Waals surface area contributed by atoms with Gasteiger partial charge in [-0.05, 0) is 39.5 Å². The minimum atomic E-state index is -0.942. The number of nitrogen functional groups attached to an aromatic ring is 1. The Hall–Kier alpha value is -1.28. The summed E-state index contributed by atoms with van der Waals surface area (Å²) >= 11 is 2.24. The summed E-state index contributed by atoms with van der Waals surface area (Å²) in [5, 5.41) is 0. The van der Waals surface area contributed by atoms with E-state index in [-0.39, 0.29) is 17.9 Å². The molecule has 2 saturated heterocycles. The Balaban J connectivity index is 1.54. The molecular weight excluding hydrogens is 505 g/mol. The molecular formula is C19H26IN5O5. The first-order valence-corrected chi connectivity index (χ1v) is 11.7. The summed E-state index contributed by atoms with van der Waals surface area (Å²) in [4.78, 5) is 13.3. The van der Waals surface area contributed by atoms with Gasteiger partial charge in [0.05, 0.1) is 10.8 Å². The van der Waals surface area contributed by atoms with Crippen molar-refractivity contribution in [2.45, 2.75) is 75.6 Å². The smallest absolute Gasteiger partial charge is 0.320 e. The highest BCUT2D eigenvalue weighted by Gasteiger charge is 2.64. The molecule has 2 aromatic rings. The van der Waals surface area contributed by atoms with Gasteiger partial charge in [0.15, 0.2) is 29.0 Å². The predicted molar refractivity (Wildman–Crippen MR) is 115 cm³/mol. The second-order valence-corrected chi connectivity index (χ2v) is 9.18. The minimum absolute atomic E-state index is 0.123. The molecule has 3 aliphatic rings. The molecule has 164 valence electrons. The third-order valence-corrected chi connectivity index (χ3v) is 7.04. The summed E-state index contributed by atoms with van der Waals surface area (Å²) in [5.41, 5.74) is 7.20. The predicted octanol–water partition coefficient (Wildman–Crippen LogP) is 2.56. The molecule has 4 atom stereocenters. The van der Waals surface area contributed by atoms with Gasteiger partial charge in [-0.3, -0.25) is 4.57 Å². The molecule has 1 saturated carbocycles. The summed E-state index contributed by atoms with van der Waals surface area (Å²) < 4.78 is 32.9. The Morgan fingerprint density at radius 1 is 1.23 bits per heavy atom. The molecule has 0 aromatic carbocycles. The maximum atomic E-state index is 6.37. The van der Waals surface area contributed by atoms with E-state index in [0.717, 1.165) is 25.7 Å². The molecule has 3 fully saturated rings. The zero-order valence-corrected chi connectivity index (χ0v) is 19.4. The van der Waals surface area contributed by atoms with Crippen LogP contribution in [-0.2, 0) is 18.9 Å². The Labute approximate surface area is 187 Å². The van der Waals surface area contributed by atoms with Crippen LogP contribution in [0, 0.1) is 0 Å². The Bertz CT molecular complexity index is 943. The monoisotopic (exact) mass is 531 g/mol. The van der Waals surface area contributed by atoms with Crippen LogP contribution in [0.2, 0.25) is 0 Å². The van der Waals surface area contributed by atoms with Gasteiger partial charge in [0, 0.05) is 7.11 Å². The molecule has 0 amide bonds. The lowest BCUT2D eigenvalue weighted by Gasteiger charge is -2.31. The lowest BCUT2D eigenvalue weighted by atomic mass is 10.1. The second-order valence-electron chi connectivity index (χ2n) is 8.42. The molecule has 0 unspecified atom stereocenters. The van der Waals surface area contributed by atoms with E-state index in [2.05, 4.69) is 37.5 Å². The van der Waals surface area contributed by atoms with Crippen LogP contribution in [0.3, 0.4) is 0 Å². The van der Waals surface area contributed by atoms with Crippen LogP contribution in [0.4, 0.5) is 5.82 Å². The van der Waals surface area contributed by atoms with Crippen LogP contribution in [-0.4, -0.2) is 60.9 Å². The molecule has 5 rings (SSSR count). The number of anilines is 1. The highest BCUT2D eigenvalue weighted by Crippen LogP contribution is 2.49. The first kappa shape index (κ1) is 20.6. The lowest BCUT2D eigenvalue weighted by molar-refractivity contribution is -0.281. The van der Waals surface area contributed by atoms with Gasteiger partial charge >= 0.3 is 6.01 Å². The number of rotatable bonds is 5. The van der Waals surface area contributed by atoms with E-state index in [9.17, 15) is 0 Å². The van der Waals surface area contributed by atoms with Crippen LogP contribution >= 0.6 is 22.6 Å². The molecule has 11 heteroatoms. The molecule has 30 heavy (non-hydrogen) atoms. The molecule has 10 nitrogen and oxygen atoms in total. The third kappa shape index (κ3) is 3.25. The fraction of sp³-hybridized carbons (Fsp3) is 0.737. The fourth-order valence-corrected chi connectivity index (χ4v) is 5.45. The summed E-state index contributed by atoms with van der Waals surface area (Å²) in [6.07, 6.45) is 4.73. The maximum absolute atomic E-state index is 6.37. The zero-order valence-electron chi connectivity index (χ0n) is 17.2. The van der Waals surface area contributed by atoms with Crippen molar-refractivity contribution < 1.29 is 23.7 Å². The number of hydrogen-bond donors (Lipinski definition) is 1. The van der Waals surface area contributed by atoms with Gasteiger partial charge in [-0.25, -0.2) is 4.98 Å². The molecule has 0 spiro atoms. The standard InChI is InChI=1S/C19H26IN5O5/c1-18(2)28-12-13(29-18)19(8-20,26-3)30-16(12)25-9-22-11-14(21)23-17(24-15(11)25)27-10-6-4-5-7-10/h9-10,12-13,16H,4-8H2,1-3H3,(H2,21,23,24)/t12-,13+,16-,19-/m1/s1. The van der Waals surface area contributed by atoms with Crippen molar-refractivity contribution >= 4 is 39.6 Å². The Kier molecular flexibility index (Phi) is 5.08. The van der Waals surface area contributed by atoms with Crippen molar-refractivity contribution in [3.05, 3.63) is 6.33 Å². The van der Waals surface area contributed by atoms with E-state index in [1.165, 1.54) is 0 Å². The summed E-state index contributed by atoms with van der Waals surface area (Å²) in [6, 6.07) is 0.263. The molecule has 0 radical (unpaired) electrons. The van der Waals surface area contributed by atoms with Gasteiger partial charge < -0.3 is 29.4 Å². The molecule has 2 aliphatic heterocycles. The first-order chi connectivity index (χ1) is 14.4. The fourth-order valence-electron chi connectivity index (χ4n) is 4.53. The normalized spacial score (nSPS) is 33.4. The number of alkyl halides is 1. The van der Waals surface area contributed by atoms with Crippen LogP contribution in [0.25, 0.3) is 11.2 Å². The average molecular weight is 531 g/mol. The van der Waals surface area contributed by atoms with Crippen LogP contribution in [0.5, 0.6) is 6.01 Å². The van der Waals surface area contributed by atoms with Crippen molar-refractivity contribution in [3.8, 4) is 6.01 Å². The number of hydrogen-bond acceptors (Lipinski definition) is 9. The number of fused-ring (bicyclic) bond motifs is 2. The lowest BCUT2D eigenvalue weighted by Crippen LogP contribution is -2.46. The van der Waals surface area contributed by atoms with Gasteiger partial charge in [-0.15, -0.1) is 0 Å². The van der Waals surface area contributed by atoms with Crippen LogP contribution < -0.4 is 10.5 Å². The van der Waals surface area contributed by atoms with Crippen molar-refractivity contribution in [3.63, 3.8) is 0 Å². The molecule has 2 aromatic heterocycles. The number of methoxy groups -OCH3 is 1. The Morgan fingerprint density at radius 2 is 2.00 bits per heavy atom. The van der Waals surface area contributed by atoms with Crippen LogP contribution in [0.1, 0.15) is 45.8 Å². The van der Waals surface area contributed by atoms with E-state index in [0.29, 0.717) is 15.6 Å². The van der Waals surface area contributed by atoms with Crippen molar-refractivity contribution in [2.75, 3.05) is 17.3 Å². The van der Waals surface area contributed by atoms with Gasteiger partial charge in [-0.1, -0.05) is 22.6 Å². The van der Waals surface area contributed by atoms with E-state index >= 15 is 0 Å². The topological polar surface area (TPSA) is 116 Å². The van der Waals surface area contributed by atoms with Crippen LogP contribution in [0.15, 0.2) is 6.33 Å². The van der Waals surface area contributed by atoms with Gasteiger partial charge in [0.25, 0.3) is 0 Å². The average Bonchev–Trinajstić information content (AvgIpc) is 3.46. The number of nitrogens with zero attached hydrogens (tertiary/aromatic N) is 4. The van der Waals surface area contributed by atoms with E-state index in [1.54, 1.807) is 13.4 Å². The quantitative estimate of drug-likeness (QED) is 0.459. The third-order valence-electron chi connectivity index (χ3n) is 5.97. The van der Waals surface area contributed by atoms with Gasteiger partial charge in [0.1, 0.15) is 18.3 Å². The Morgan fingerprint density at radius 3 is 2.70 bits per heavy atom. The van der Waals surface area contributed by atoms with Crippen molar-refractivity contribution in [1.82, 2.24) is 19.5 Å². The van der Waals surface area contributed by atoms with E-state index < -0.39 is 30.0 Å². The van der Waals surface area contributed by atoms with Crippen molar-refractivity contribution in [1.29, 1.82) is 0 Å². The number of imidazole rings is 1. The van der Waals surface area contributed by atoms with Gasteiger partial charge in [-0.2, -0.15) is 9.97 Å². The summed E-state index contributed by atoms with van der Waals surface area (Å²) in [7, 11) is 1.62. The highest BCUT2D eigenvalue weighted by molar-refractivity contribution is 14.1. The maximum Gasteiger partial charge on any atom is 0.320 e. The SMILES string of the molecule is CO[C@]1(CI)O[C@@H](n2cnc3c(N)nc(OC4CCCC4)nc32)[C@@H]2OC(C)(C)O[C@@H]21. The molecule has 1 aliphatic carbocycles.